The van der Waals surface area contributed by atoms with Crippen LogP contribution in [-0.2, 0) is 21.4 Å². The highest BCUT2D eigenvalue weighted by atomic mass is 32.1. The van der Waals surface area contributed by atoms with Crippen LogP contribution in [0.2, 0.25) is 0 Å². The third-order valence-electron chi connectivity index (χ3n) is 4.25. The van der Waals surface area contributed by atoms with Crippen LogP contribution in [0.5, 0.6) is 0 Å². The summed E-state index contributed by atoms with van der Waals surface area (Å²) in [4.78, 5) is 26.6. The smallest absolute Gasteiger partial charge is 0.421 e. The van der Waals surface area contributed by atoms with Gasteiger partial charge in [-0.15, -0.1) is 11.3 Å². The molecule has 0 radical (unpaired) electrons. The Morgan fingerprint density at radius 2 is 1.81 bits per heavy atom. The minimum absolute atomic E-state index is 0.0920. The van der Waals surface area contributed by atoms with Crippen LogP contribution in [0.25, 0.3) is 0 Å². The van der Waals surface area contributed by atoms with E-state index in [0.717, 1.165) is 11.3 Å². The molecule has 1 aliphatic heterocycles. The lowest BCUT2D eigenvalue weighted by Gasteiger charge is -2.31. The Hall–Kier alpha value is -2.35. The molecule has 27 heavy (non-hydrogen) atoms. The van der Waals surface area contributed by atoms with E-state index in [2.05, 4.69) is 0 Å². The maximum atomic E-state index is 14.3. The number of amides is 2. The average molecular weight is 397 g/mol. The number of hydrogen-bond acceptors (Lipinski definition) is 4. The number of ether oxygens (including phenoxy) is 1. The number of thiophene rings is 1. The van der Waals surface area contributed by atoms with E-state index in [1.165, 1.54) is 24.3 Å². The summed E-state index contributed by atoms with van der Waals surface area (Å²) >= 11 is 1.13. The molecule has 2 heterocycles. The third kappa shape index (κ3) is 3.22. The number of carbonyl (C=O) groups is 2. The number of fused-ring (bicyclic) bond motifs is 1. The SMILES string of the molecule is CC(C)(C)OC(=O)N1C(=O)C(Cc2cccs2)(C(F)(F)F)c2ccccc21. The number of para-hydroxylation sites is 1. The number of imide groups is 1. The van der Waals surface area contributed by atoms with E-state index in [9.17, 15) is 22.8 Å². The summed E-state index contributed by atoms with van der Waals surface area (Å²) < 4.78 is 48.1. The Bertz CT molecular complexity index is 871. The summed E-state index contributed by atoms with van der Waals surface area (Å²) in [5.41, 5.74) is -4.11. The molecule has 0 spiro atoms. The van der Waals surface area contributed by atoms with Crippen molar-refractivity contribution >= 4 is 29.0 Å². The van der Waals surface area contributed by atoms with Crippen LogP contribution in [0.1, 0.15) is 31.2 Å². The van der Waals surface area contributed by atoms with Gasteiger partial charge in [-0.3, -0.25) is 4.79 Å². The number of nitrogens with zero attached hydrogens (tertiary/aromatic N) is 1. The number of hydrogen-bond donors (Lipinski definition) is 0. The van der Waals surface area contributed by atoms with E-state index in [1.807, 2.05) is 0 Å². The van der Waals surface area contributed by atoms with Crippen LogP contribution in [0.3, 0.4) is 0 Å². The average Bonchev–Trinajstić information content (AvgIpc) is 3.11. The molecule has 0 fully saturated rings. The van der Waals surface area contributed by atoms with Gasteiger partial charge in [0.25, 0.3) is 5.91 Å². The van der Waals surface area contributed by atoms with E-state index in [1.54, 1.807) is 38.3 Å². The van der Waals surface area contributed by atoms with E-state index in [0.29, 0.717) is 9.78 Å². The highest BCUT2D eigenvalue weighted by Gasteiger charge is 2.68. The fourth-order valence-corrected chi connectivity index (χ4v) is 3.94. The molecular weight excluding hydrogens is 379 g/mol. The highest BCUT2D eigenvalue weighted by Crippen LogP contribution is 2.53. The topological polar surface area (TPSA) is 46.6 Å². The van der Waals surface area contributed by atoms with Gasteiger partial charge in [0.2, 0.25) is 0 Å². The quantitative estimate of drug-likeness (QED) is 0.711. The molecule has 0 bridgehead atoms. The number of alkyl halides is 3. The van der Waals surface area contributed by atoms with E-state index < -0.39 is 35.6 Å². The fraction of sp³-hybridized carbons (Fsp3) is 0.368. The van der Waals surface area contributed by atoms with Crippen molar-refractivity contribution in [2.75, 3.05) is 4.90 Å². The second-order valence-electron chi connectivity index (χ2n) is 7.30. The first-order chi connectivity index (χ1) is 12.5. The maximum Gasteiger partial charge on any atom is 0.421 e. The standard InChI is InChI=1S/C19H18F3NO3S/c1-17(2,3)26-16(25)23-14-9-5-4-8-13(14)18(15(23)24,19(20,21)22)11-12-7-6-10-27-12/h4-10H,11H2,1-3H3. The first-order valence-corrected chi connectivity index (χ1v) is 9.11. The van der Waals surface area contributed by atoms with E-state index >= 15 is 0 Å². The van der Waals surface area contributed by atoms with Crippen LogP contribution in [0, 0.1) is 0 Å². The highest BCUT2D eigenvalue weighted by molar-refractivity contribution is 7.09. The second kappa shape index (κ2) is 6.37. The van der Waals surface area contributed by atoms with Gasteiger partial charge < -0.3 is 4.74 Å². The van der Waals surface area contributed by atoms with Crippen molar-refractivity contribution in [2.45, 2.75) is 44.4 Å². The van der Waals surface area contributed by atoms with Gasteiger partial charge in [-0.1, -0.05) is 24.3 Å². The molecule has 3 rings (SSSR count). The molecule has 0 aliphatic carbocycles. The summed E-state index contributed by atoms with van der Waals surface area (Å²) in [5.74, 6) is -1.33. The van der Waals surface area contributed by atoms with Crippen LogP contribution < -0.4 is 4.90 Å². The van der Waals surface area contributed by atoms with Crippen molar-refractivity contribution in [3.63, 3.8) is 0 Å². The molecular formula is C19H18F3NO3S. The normalized spacial score (nSPS) is 19.9. The van der Waals surface area contributed by atoms with Gasteiger partial charge >= 0.3 is 12.3 Å². The van der Waals surface area contributed by atoms with Gasteiger partial charge in [-0.25, -0.2) is 9.69 Å². The van der Waals surface area contributed by atoms with Crippen molar-refractivity contribution in [3.8, 4) is 0 Å². The van der Waals surface area contributed by atoms with Crippen LogP contribution in [0.4, 0.5) is 23.7 Å². The lowest BCUT2D eigenvalue weighted by Crippen LogP contribution is -2.53. The Balaban J connectivity index is 2.17. The molecule has 1 atom stereocenters. The first-order valence-electron chi connectivity index (χ1n) is 8.23. The van der Waals surface area contributed by atoms with Crippen LogP contribution in [-0.4, -0.2) is 23.8 Å². The molecule has 1 unspecified atom stereocenters. The monoisotopic (exact) mass is 397 g/mol. The Morgan fingerprint density at radius 3 is 2.37 bits per heavy atom. The minimum Gasteiger partial charge on any atom is -0.443 e. The molecule has 4 nitrogen and oxygen atoms in total. The lowest BCUT2D eigenvalue weighted by atomic mass is 9.77. The van der Waals surface area contributed by atoms with Crippen LogP contribution >= 0.6 is 11.3 Å². The first kappa shape index (κ1) is 19.4. The predicted molar refractivity (Wildman–Crippen MR) is 95.9 cm³/mol. The summed E-state index contributed by atoms with van der Waals surface area (Å²) in [5, 5.41) is 1.65. The van der Waals surface area contributed by atoms with E-state index in [4.69, 9.17) is 4.74 Å². The summed E-state index contributed by atoms with van der Waals surface area (Å²) in [6.45, 7) is 4.75. The Labute approximate surface area is 158 Å². The minimum atomic E-state index is -4.89. The van der Waals surface area contributed by atoms with Crippen LogP contribution in [0.15, 0.2) is 41.8 Å². The van der Waals surface area contributed by atoms with Gasteiger partial charge in [0.1, 0.15) is 5.60 Å². The molecule has 8 heteroatoms. The molecule has 1 aliphatic rings. The fourth-order valence-electron chi connectivity index (χ4n) is 3.15. The third-order valence-corrected chi connectivity index (χ3v) is 5.13. The zero-order valence-corrected chi connectivity index (χ0v) is 15.8. The summed E-state index contributed by atoms with van der Waals surface area (Å²) in [6.07, 6.45) is -6.57. The number of rotatable bonds is 2. The molecule has 2 aromatic rings. The predicted octanol–water partition coefficient (Wildman–Crippen LogP) is 5.07. The molecule has 0 saturated heterocycles. The number of anilines is 1. The molecule has 0 N–H and O–H groups in total. The van der Waals surface area contributed by atoms with Gasteiger partial charge in [-0.05, 0) is 38.3 Å². The van der Waals surface area contributed by atoms with Crippen molar-refractivity contribution < 1.29 is 27.5 Å². The van der Waals surface area contributed by atoms with Crippen molar-refractivity contribution in [1.29, 1.82) is 0 Å². The van der Waals surface area contributed by atoms with Crippen molar-refractivity contribution in [3.05, 3.63) is 52.2 Å². The van der Waals surface area contributed by atoms with E-state index in [-0.39, 0.29) is 11.3 Å². The maximum absolute atomic E-state index is 14.3. The Kier molecular flexibility index (Phi) is 4.58. The van der Waals surface area contributed by atoms with Gasteiger partial charge in [0, 0.05) is 16.9 Å². The zero-order chi connectivity index (χ0) is 20.0. The molecule has 2 amide bonds. The molecule has 144 valence electrons. The summed E-state index contributed by atoms with van der Waals surface area (Å²) in [6, 6.07) is 8.67. The molecule has 1 aromatic heterocycles. The second-order valence-corrected chi connectivity index (χ2v) is 8.33. The van der Waals surface area contributed by atoms with Gasteiger partial charge in [-0.2, -0.15) is 13.2 Å². The van der Waals surface area contributed by atoms with Gasteiger partial charge in [0.05, 0.1) is 5.69 Å². The lowest BCUT2D eigenvalue weighted by molar-refractivity contribution is -0.191. The zero-order valence-electron chi connectivity index (χ0n) is 15.0. The Morgan fingerprint density at radius 1 is 1.15 bits per heavy atom. The number of carbonyl (C=O) groups excluding carboxylic acids is 2. The van der Waals surface area contributed by atoms with Crippen molar-refractivity contribution in [1.82, 2.24) is 0 Å². The number of benzene rings is 1. The summed E-state index contributed by atoms with van der Waals surface area (Å²) in [7, 11) is 0. The molecule has 1 aromatic carbocycles. The van der Waals surface area contributed by atoms with Gasteiger partial charge in [0.15, 0.2) is 5.41 Å². The number of halogens is 3. The van der Waals surface area contributed by atoms with Crippen molar-refractivity contribution in [2.24, 2.45) is 0 Å². The molecule has 0 saturated carbocycles. The largest absolute Gasteiger partial charge is 0.443 e.